The van der Waals surface area contributed by atoms with Crippen molar-refractivity contribution in [2.45, 2.75) is 38.8 Å². The van der Waals surface area contributed by atoms with Gasteiger partial charge in [-0.05, 0) is 38.8 Å². The first-order valence-corrected chi connectivity index (χ1v) is 9.36. The number of carbonyl (C=O) groups excluding carboxylic acids is 1. The van der Waals surface area contributed by atoms with Crippen molar-refractivity contribution >= 4 is 46.9 Å². The Morgan fingerprint density at radius 3 is 2.71 bits per heavy atom. The van der Waals surface area contributed by atoms with Crippen molar-refractivity contribution < 1.29 is 9.53 Å². The minimum absolute atomic E-state index is 0. The zero-order valence-corrected chi connectivity index (χ0v) is 19.2. The van der Waals surface area contributed by atoms with Gasteiger partial charge >= 0.3 is 6.09 Å². The van der Waals surface area contributed by atoms with Gasteiger partial charge < -0.3 is 25.3 Å². The third-order valence-electron chi connectivity index (χ3n) is 4.46. The van der Waals surface area contributed by atoms with Gasteiger partial charge in [0, 0.05) is 43.8 Å². The number of guanidine groups is 1. The maximum atomic E-state index is 12.0. The Kier molecular flexibility index (Phi) is 7.56. The summed E-state index contributed by atoms with van der Waals surface area (Å²) >= 11 is 0. The first kappa shape index (κ1) is 22.3. The second-order valence-corrected chi connectivity index (χ2v) is 7.84. The number of H-pyrrole nitrogens is 1. The number of para-hydroxylation sites is 1. The molecule has 1 saturated heterocycles. The van der Waals surface area contributed by atoms with Crippen LogP contribution in [0.15, 0.2) is 35.5 Å². The molecule has 2 aromatic rings. The highest BCUT2D eigenvalue weighted by molar-refractivity contribution is 14.0. The van der Waals surface area contributed by atoms with Gasteiger partial charge in [-0.25, -0.2) is 4.79 Å². The summed E-state index contributed by atoms with van der Waals surface area (Å²) in [6.07, 6.45) is 2.70. The number of rotatable bonds is 4. The highest BCUT2D eigenvalue weighted by Gasteiger charge is 2.34. The van der Waals surface area contributed by atoms with Crippen LogP contribution in [0.4, 0.5) is 4.79 Å². The standard InChI is InChI=1S/C20H29N5O2.HI/c1-20(2,3)27-19(26)25-12-15(13-25)24-18(21-4)22-10-9-14-11-23-17-8-6-5-7-16(14)17;/h5-8,11,15,23H,9-10,12-13H2,1-4H3,(H2,21,22,24);1H. The molecule has 0 atom stereocenters. The van der Waals surface area contributed by atoms with Gasteiger partial charge in [0.15, 0.2) is 5.96 Å². The molecule has 0 aliphatic carbocycles. The molecule has 3 N–H and O–H groups in total. The van der Waals surface area contributed by atoms with Crippen LogP contribution in [0.5, 0.6) is 0 Å². The van der Waals surface area contributed by atoms with Crippen molar-refractivity contribution in [2.75, 3.05) is 26.7 Å². The van der Waals surface area contributed by atoms with Crippen LogP contribution in [-0.2, 0) is 11.2 Å². The topological polar surface area (TPSA) is 81.8 Å². The van der Waals surface area contributed by atoms with E-state index in [0.717, 1.165) is 24.4 Å². The number of fused-ring (bicyclic) bond motifs is 1. The number of hydrogen-bond donors (Lipinski definition) is 3. The molecule has 2 heterocycles. The van der Waals surface area contributed by atoms with Crippen molar-refractivity contribution in [3.8, 4) is 0 Å². The number of likely N-dealkylation sites (tertiary alicyclic amines) is 1. The zero-order chi connectivity index (χ0) is 19.4. The lowest BCUT2D eigenvalue weighted by Crippen LogP contribution is -2.63. The lowest BCUT2D eigenvalue weighted by atomic mass is 10.1. The Balaban J connectivity index is 0.00000280. The summed E-state index contributed by atoms with van der Waals surface area (Å²) in [6, 6.07) is 8.50. The number of nitrogens with one attached hydrogen (secondary N) is 3. The summed E-state index contributed by atoms with van der Waals surface area (Å²) in [5, 5.41) is 7.95. The number of aliphatic imine (C=N–C) groups is 1. The fourth-order valence-electron chi connectivity index (χ4n) is 3.09. The normalized spacial score (nSPS) is 15.0. The predicted octanol–water partition coefficient (Wildman–Crippen LogP) is 3.11. The van der Waals surface area contributed by atoms with E-state index in [0.29, 0.717) is 13.1 Å². The SMILES string of the molecule is CN=C(NCCc1c[nH]c2ccccc12)NC1CN(C(=O)OC(C)(C)C)C1.I. The van der Waals surface area contributed by atoms with Crippen LogP contribution in [0.2, 0.25) is 0 Å². The molecule has 0 saturated carbocycles. The first-order valence-electron chi connectivity index (χ1n) is 9.36. The van der Waals surface area contributed by atoms with Crippen LogP contribution >= 0.6 is 24.0 Å². The van der Waals surface area contributed by atoms with E-state index in [2.05, 4.69) is 45.0 Å². The molecule has 1 amide bonds. The average Bonchev–Trinajstić information content (AvgIpc) is 2.97. The van der Waals surface area contributed by atoms with Gasteiger partial charge in [0.05, 0.1) is 6.04 Å². The lowest BCUT2D eigenvalue weighted by molar-refractivity contribution is 0.00701. The fourth-order valence-corrected chi connectivity index (χ4v) is 3.09. The van der Waals surface area contributed by atoms with Crippen LogP contribution in [-0.4, -0.2) is 60.3 Å². The molecule has 0 spiro atoms. The molecule has 28 heavy (non-hydrogen) atoms. The van der Waals surface area contributed by atoms with Crippen molar-refractivity contribution in [3.05, 3.63) is 36.0 Å². The molecule has 1 aromatic heterocycles. The van der Waals surface area contributed by atoms with Gasteiger partial charge in [0.1, 0.15) is 5.60 Å². The highest BCUT2D eigenvalue weighted by Crippen LogP contribution is 2.18. The number of nitrogens with zero attached hydrogens (tertiary/aromatic N) is 2. The molecular weight excluding hydrogens is 469 g/mol. The second-order valence-electron chi connectivity index (χ2n) is 7.84. The Labute approximate surface area is 183 Å². The molecular formula is C20H30IN5O2. The third kappa shape index (κ3) is 5.76. The van der Waals surface area contributed by atoms with Crippen LogP contribution in [0.25, 0.3) is 10.9 Å². The molecule has 0 unspecified atom stereocenters. The average molecular weight is 499 g/mol. The van der Waals surface area contributed by atoms with Crippen molar-refractivity contribution in [2.24, 2.45) is 4.99 Å². The minimum Gasteiger partial charge on any atom is -0.444 e. The Bertz CT molecular complexity index is 821. The molecule has 0 radical (unpaired) electrons. The largest absolute Gasteiger partial charge is 0.444 e. The van der Waals surface area contributed by atoms with Gasteiger partial charge in [-0.2, -0.15) is 0 Å². The monoisotopic (exact) mass is 499 g/mol. The molecule has 154 valence electrons. The minimum atomic E-state index is -0.463. The van der Waals surface area contributed by atoms with Crippen molar-refractivity contribution in [1.29, 1.82) is 0 Å². The van der Waals surface area contributed by atoms with Gasteiger partial charge in [-0.1, -0.05) is 18.2 Å². The lowest BCUT2D eigenvalue weighted by Gasteiger charge is -2.40. The van der Waals surface area contributed by atoms with E-state index in [1.165, 1.54) is 10.9 Å². The molecule has 1 aliphatic heterocycles. The number of ether oxygens (including phenoxy) is 1. The van der Waals surface area contributed by atoms with E-state index >= 15 is 0 Å². The summed E-state index contributed by atoms with van der Waals surface area (Å²) in [5.74, 6) is 0.753. The molecule has 8 heteroatoms. The summed E-state index contributed by atoms with van der Waals surface area (Å²) in [6.45, 7) is 7.65. The van der Waals surface area contributed by atoms with Gasteiger partial charge in [-0.3, -0.25) is 4.99 Å². The molecule has 1 fully saturated rings. The Morgan fingerprint density at radius 1 is 1.32 bits per heavy atom. The summed E-state index contributed by atoms with van der Waals surface area (Å²) in [4.78, 5) is 21.2. The molecule has 1 aromatic carbocycles. The third-order valence-corrected chi connectivity index (χ3v) is 4.46. The Morgan fingerprint density at radius 2 is 2.04 bits per heavy atom. The van der Waals surface area contributed by atoms with Crippen LogP contribution in [0.1, 0.15) is 26.3 Å². The van der Waals surface area contributed by atoms with Crippen LogP contribution in [0, 0.1) is 0 Å². The molecule has 7 nitrogen and oxygen atoms in total. The van der Waals surface area contributed by atoms with E-state index in [1.807, 2.05) is 26.8 Å². The number of carbonyl (C=O) groups is 1. The van der Waals surface area contributed by atoms with E-state index in [9.17, 15) is 4.79 Å². The van der Waals surface area contributed by atoms with Crippen molar-refractivity contribution in [3.63, 3.8) is 0 Å². The number of amides is 1. The Hall–Kier alpha value is -1.97. The van der Waals surface area contributed by atoms with Crippen molar-refractivity contribution in [1.82, 2.24) is 20.5 Å². The van der Waals surface area contributed by atoms with E-state index < -0.39 is 5.60 Å². The van der Waals surface area contributed by atoms with Gasteiger partial charge in [0.25, 0.3) is 0 Å². The highest BCUT2D eigenvalue weighted by atomic mass is 127. The van der Waals surface area contributed by atoms with E-state index in [4.69, 9.17) is 4.74 Å². The summed E-state index contributed by atoms with van der Waals surface area (Å²) in [7, 11) is 1.76. The summed E-state index contributed by atoms with van der Waals surface area (Å²) in [5.41, 5.74) is 1.98. The van der Waals surface area contributed by atoms with E-state index in [-0.39, 0.29) is 36.1 Å². The number of hydrogen-bond acceptors (Lipinski definition) is 3. The maximum Gasteiger partial charge on any atom is 0.410 e. The van der Waals surface area contributed by atoms with E-state index in [1.54, 1.807) is 11.9 Å². The predicted molar refractivity (Wildman–Crippen MR) is 124 cm³/mol. The first-order chi connectivity index (χ1) is 12.9. The molecule has 3 rings (SSSR count). The number of aromatic nitrogens is 1. The number of benzene rings is 1. The molecule has 0 bridgehead atoms. The number of halogens is 1. The maximum absolute atomic E-state index is 12.0. The smallest absolute Gasteiger partial charge is 0.410 e. The quantitative estimate of drug-likeness (QED) is 0.343. The molecule has 1 aliphatic rings. The zero-order valence-electron chi connectivity index (χ0n) is 16.9. The number of aromatic amines is 1. The second kappa shape index (κ2) is 9.49. The van der Waals surface area contributed by atoms with Gasteiger partial charge in [0.2, 0.25) is 0 Å². The fraction of sp³-hybridized carbons (Fsp3) is 0.500. The summed E-state index contributed by atoms with van der Waals surface area (Å²) < 4.78 is 5.37. The van der Waals surface area contributed by atoms with Gasteiger partial charge in [-0.15, -0.1) is 24.0 Å². The van der Waals surface area contributed by atoms with Crippen LogP contribution < -0.4 is 10.6 Å². The van der Waals surface area contributed by atoms with Crippen LogP contribution in [0.3, 0.4) is 0 Å².